The first kappa shape index (κ1) is 22.6. The summed E-state index contributed by atoms with van der Waals surface area (Å²) in [4.78, 5) is 43.7. The van der Waals surface area contributed by atoms with Crippen LogP contribution in [0.2, 0.25) is 0 Å². The van der Waals surface area contributed by atoms with Crippen LogP contribution in [0.25, 0.3) is 5.69 Å². The zero-order valence-electron chi connectivity index (χ0n) is 19.0. The maximum atomic E-state index is 13.2. The van der Waals surface area contributed by atoms with E-state index < -0.39 is 5.25 Å². The molecule has 1 atom stereocenters. The second-order valence-corrected chi connectivity index (χ2v) is 9.27. The molecule has 0 aliphatic heterocycles. The third-order valence-corrected chi connectivity index (χ3v) is 6.88. The van der Waals surface area contributed by atoms with Crippen LogP contribution in [0.4, 0.5) is 5.69 Å². The molecule has 8 heteroatoms. The standard InChI is InChI=1S/C27H21N3O4S/c1-16(35-27-28-13-14-30(27)17-7-5-8-18(15-17)34-2)26(33)29-22-12-6-11-21-23(22)25(32)20-10-4-3-9-19(20)24(21)31/h3-16H,1-2H3,(H,29,33). The van der Waals surface area contributed by atoms with Crippen LogP contribution in [0, 0.1) is 0 Å². The van der Waals surface area contributed by atoms with Crippen molar-refractivity contribution in [2.45, 2.75) is 17.3 Å². The summed E-state index contributed by atoms with van der Waals surface area (Å²) < 4.78 is 7.18. The highest BCUT2D eigenvalue weighted by Crippen LogP contribution is 2.33. The highest BCUT2D eigenvalue weighted by atomic mass is 32.2. The van der Waals surface area contributed by atoms with Gasteiger partial charge in [0, 0.05) is 35.2 Å². The van der Waals surface area contributed by atoms with E-state index in [4.69, 9.17) is 4.74 Å². The average Bonchev–Trinajstić information content (AvgIpc) is 3.35. The van der Waals surface area contributed by atoms with Crippen LogP contribution < -0.4 is 10.1 Å². The number of rotatable bonds is 6. The molecule has 1 aliphatic rings. The normalized spacial score (nSPS) is 13.1. The Bertz CT molecular complexity index is 1480. The van der Waals surface area contributed by atoms with Crippen LogP contribution in [0.15, 0.2) is 84.3 Å². The Balaban J connectivity index is 1.38. The molecule has 3 aromatic carbocycles. The molecule has 0 radical (unpaired) electrons. The molecule has 0 saturated carbocycles. The van der Waals surface area contributed by atoms with Crippen molar-refractivity contribution < 1.29 is 19.1 Å². The van der Waals surface area contributed by atoms with Crippen molar-refractivity contribution in [2.75, 3.05) is 12.4 Å². The Kier molecular flexibility index (Phi) is 5.96. The van der Waals surface area contributed by atoms with Crippen molar-refractivity contribution in [1.29, 1.82) is 0 Å². The van der Waals surface area contributed by atoms with Gasteiger partial charge in [-0.1, -0.05) is 54.2 Å². The maximum absolute atomic E-state index is 13.2. The van der Waals surface area contributed by atoms with E-state index in [1.54, 1.807) is 62.7 Å². The lowest BCUT2D eigenvalue weighted by Crippen LogP contribution is -2.27. The summed E-state index contributed by atoms with van der Waals surface area (Å²) >= 11 is 1.29. The van der Waals surface area contributed by atoms with Crippen LogP contribution in [0.5, 0.6) is 5.75 Å². The van der Waals surface area contributed by atoms with E-state index in [1.165, 1.54) is 11.8 Å². The summed E-state index contributed by atoms with van der Waals surface area (Å²) in [6.07, 6.45) is 3.48. The highest BCUT2D eigenvalue weighted by Gasteiger charge is 2.32. The maximum Gasteiger partial charge on any atom is 0.237 e. The predicted octanol–water partition coefficient (Wildman–Crippen LogP) is 4.78. The van der Waals surface area contributed by atoms with Gasteiger partial charge in [0.25, 0.3) is 0 Å². The van der Waals surface area contributed by atoms with Gasteiger partial charge in [0.05, 0.1) is 29.3 Å². The number of aromatic nitrogens is 2. The number of anilines is 1. The zero-order chi connectivity index (χ0) is 24.5. The van der Waals surface area contributed by atoms with Crippen molar-refractivity contribution in [3.05, 3.63) is 101 Å². The van der Waals surface area contributed by atoms with Crippen LogP contribution in [-0.4, -0.2) is 39.4 Å². The molecule has 35 heavy (non-hydrogen) atoms. The molecule has 0 spiro atoms. The van der Waals surface area contributed by atoms with Crippen molar-refractivity contribution in [3.63, 3.8) is 0 Å². The smallest absolute Gasteiger partial charge is 0.237 e. The molecule has 174 valence electrons. The summed E-state index contributed by atoms with van der Waals surface area (Å²) in [5.41, 5.74) is 2.41. The summed E-state index contributed by atoms with van der Waals surface area (Å²) in [6.45, 7) is 1.77. The number of nitrogens with one attached hydrogen (secondary N) is 1. The first-order chi connectivity index (χ1) is 17.0. The zero-order valence-corrected chi connectivity index (χ0v) is 19.8. The predicted molar refractivity (Wildman–Crippen MR) is 134 cm³/mol. The second kappa shape index (κ2) is 9.23. The van der Waals surface area contributed by atoms with Gasteiger partial charge in [-0.05, 0) is 25.1 Å². The number of imidazole rings is 1. The number of methoxy groups -OCH3 is 1. The SMILES string of the molecule is COc1cccc(-n2ccnc2SC(C)C(=O)Nc2cccc3c2C(=O)c2ccccc2C3=O)c1. The lowest BCUT2D eigenvalue weighted by Gasteiger charge is -2.21. The number of carbonyl (C=O) groups is 3. The Morgan fingerprint density at radius 2 is 1.69 bits per heavy atom. The van der Waals surface area contributed by atoms with E-state index in [0.717, 1.165) is 5.69 Å². The molecule has 1 aliphatic carbocycles. The third-order valence-electron chi connectivity index (χ3n) is 5.80. The van der Waals surface area contributed by atoms with Gasteiger partial charge < -0.3 is 10.1 Å². The summed E-state index contributed by atoms with van der Waals surface area (Å²) in [5, 5.41) is 2.96. The molecule has 1 aromatic heterocycles. The van der Waals surface area contributed by atoms with Crippen molar-refractivity contribution >= 4 is 34.9 Å². The van der Waals surface area contributed by atoms with Gasteiger partial charge in [-0.25, -0.2) is 4.98 Å². The van der Waals surface area contributed by atoms with Crippen LogP contribution >= 0.6 is 11.8 Å². The fraction of sp³-hybridized carbons (Fsp3) is 0.111. The molecule has 1 N–H and O–H groups in total. The largest absolute Gasteiger partial charge is 0.497 e. The molecule has 5 rings (SSSR count). The second-order valence-electron chi connectivity index (χ2n) is 7.96. The number of carbonyl (C=O) groups excluding carboxylic acids is 3. The Labute approximate surface area is 206 Å². The minimum Gasteiger partial charge on any atom is -0.497 e. The van der Waals surface area contributed by atoms with Gasteiger partial charge in [-0.2, -0.15) is 0 Å². The summed E-state index contributed by atoms with van der Waals surface area (Å²) in [6, 6.07) is 19.2. The van der Waals surface area contributed by atoms with Crippen LogP contribution in [0.3, 0.4) is 0 Å². The van der Waals surface area contributed by atoms with Crippen molar-refractivity contribution in [3.8, 4) is 11.4 Å². The van der Waals surface area contributed by atoms with Gasteiger partial charge >= 0.3 is 0 Å². The lowest BCUT2D eigenvalue weighted by atomic mass is 9.83. The van der Waals surface area contributed by atoms with Gasteiger partial charge in [0.2, 0.25) is 5.91 Å². The first-order valence-corrected chi connectivity index (χ1v) is 11.8. The number of ketones is 2. The number of nitrogens with zero attached hydrogens (tertiary/aromatic N) is 2. The Hall–Kier alpha value is -4.17. The van der Waals surface area contributed by atoms with Crippen molar-refractivity contribution in [1.82, 2.24) is 9.55 Å². The lowest BCUT2D eigenvalue weighted by molar-refractivity contribution is -0.115. The number of benzene rings is 3. The average molecular weight is 484 g/mol. The van der Waals surface area contributed by atoms with E-state index in [0.29, 0.717) is 33.3 Å². The number of thioether (sulfide) groups is 1. The molecule has 1 heterocycles. The Morgan fingerprint density at radius 1 is 0.971 bits per heavy atom. The first-order valence-electron chi connectivity index (χ1n) is 10.9. The van der Waals surface area contributed by atoms with E-state index in [9.17, 15) is 14.4 Å². The topological polar surface area (TPSA) is 90.3 Å². The molecular formula is C27H21N3O4S. The van der Waals surface area contributed by atoms with E-state index >= 15 is 0 Å². The quantitative estimate of drug-likeness (QED) is 0.350. The fourth-order valence-electron chi connectivity index (χ4n) is 4.03. The van der Waals surface area contributed by atoms with E-state index in [-0.39, 0.29) is 23.0 Å². The molecule has 0 bridgehead atoms. The summed E-state index contributed by atoms with van der Waals surface area (Å²) in [7, 11) is 1.61. The van der Waals surface area contributed by atoms with Crippen molar-refractivity contribution in [2.24, 2.45) is 0 Å². The third kappa shape index (κ3) is 4.13. The highest BCUT2D eigenvalue weighted by molar-refractivity contribution is 8.00. The molecule has 4 aromatic rings. The molecule has 1 unspecified atom stereocenters. The van der Waals surface area contributed by atoms with Crippen LogP contribution in [0.1, 0.15) is 38.8 Å². The minimum atomic E-state index is -0.528. The minimum absolute atomic E-state index is 0.222. The molecule has 0 fully saturated rings. The van der Waals surface area contributed by atoms with E-state index in [1.807, 2.05) is 35.0 Å². The van der Waals surface area contributed by atoms with Gasteiger partial charge in [-0.3, -0.25) is 19.0 Å². The number of ether oxygens (including phenoxy) is 1. The number of amides is 1. The van der Waals surface area contributed by atoms with Gasteiger partial charge in [-0.15, -0.1) is 0 Å². The van der Waals surface area contributed by atoms with Crippen LogP contribution in [-0.2, 0) is 4.79 Å². The molecule has 1 amide bonds. The molecular weight excluding hydrogens is 462 g/mol. The fourth-order valence-corrected chi connectivity index (χ4v) is 4.91. The number of fused-ring (bicyclic) bond motifs is 2. The number of hydrogen-bond acceptors (Lipinski definition) is 6. The Morgan fingerprint density at radius 3 is 2.46 bits per heavy atom. The van der Waals surface area contributed by atoms with E-state index in [2.05, 4.69) is 10.3 Å². The van der Waals surface area contributed by atoms with Gasteiger partial charge in [0.1, 0.15) is 5.75 Å². The van der Waals surface area contributed by atoms with Gasteiger partial charge in [0.15, 0.2) is 16.7 Å². The number of hydrogen-bond donors (Lipinski definition) is 1. The molecule has 7 nitrogen and oxygen atoms in total. The monoisotopic (exact) mass is 483 g/mol. The molecule has 0 saturated heterocycles. The summed E-state index contributed by atoms with van der Waals surface area (Å²) in [5.74, 6) is -0.0932.